The number of ether oxygens (including phenoxy) is 1. The van der Waals surface area contributed by atoms with Gasteiger partial charge in [0.25, 0.3) is 0 Å². The van der Waals surface area contributed by atoms with Crippen molar-refractivity contribution in [2.75, 3.05) is 19.0 Å². The van der Waals surface area contributed by atoms with Gasteiger partial charge in [-0.25, -0.2) is 4.39 Å². The largest absolute Gasteiger partial charge is 0.454 e. The second kappa shape index (κ2) is 5.92. The number of hydrogen-bond donors (Lipinski definition) is 1. The van der Waals surface area contributed by atoms with Crippen molar-refractivity contribution in [2.24, 2.45) is 5.73 Å². The van der Waals surface area contributed by atoms with Crippen LogP contribution in [0.3, 0.4) is 0 Å². The maximum atomic E-state index is 14.0. The fraction of sp³-hybridized carbons (Fsp3) is 0.250. The standard InChI is InChI=1S/C16H19FN2O/c1-11(18)12-7-8-16(15(17)9-12)20-14-6-4-5-13(10-14)19(2)3/h4-11H,18H2,1-3H3. The lowest BCUT2D eigenvalue weighted by molar-refractivity contribution is 0.441. The van der Waals surface area contributed by atoms with Crippen LogP contribution in [0.4, 0.5) is 10.1 Å². The molecule has 106 valence electrons. The zero-order valence-electron chi connectivity index (χ0n) is 11.9. The van der Waals surface area contributed by atoms with Crippen molar-refractivity contribution >= 4 is 5.69 Å². The first-order chi connectivity index (χ1) is 9.47. The minimum absolute atomic E-state index is 0.199. The highest BCUT2D eigenvalue weighted by molar-refractivity contribution is 5.50. The number of anilines is 1. The Balaban J connectivity index is 2.24. The van der Waals surface area contributed by atoms with Gasteiger partial charge in [-0.05, 0) is 36.8 Å². The summed E-state index contributed by atoms with van der Waals surface area (Å²) in [7, 11) is 3.88. The molecule has 0 radical (unpaired) electrons. The van der Waals surface area contributed by atoms with Gasteiger partial charge in [0.2, 0.25) is 0 Å². The molecule has 0 spiro atoms. The normalized spacial score (nSPS) is 12.1. The zero-order valence-corrected chi connectivity index (χ0v) is 11.9. The summed E-state index contributed by atoms with van der Waals surface area (Å²) in [6, 6.07) is 12.1. The summed E-state index contributed by atoms with van der Waals surface area (Å²) in [5, 5.41) is 0. The van der Waals surface area contributed by atoms with E-state index in [0.717, 1.165) is 11.3 Å². The Bertz CT molecular complexity index is 597. The van der Waals surface area contributed by atoms with Gasteiger partial charge in [-0.1, -0.05) is 12.1 Å². The van der Waals surface area contributed by atoms with Gasteiger partial charge in [-0.15, -0.1) is 0 Å². The molecule has 3 nitrogen and oxygen atoms in total. The van der Waals surface area contributed by atoms with Crippen molar-refractivity contribution in [3.8, 4) is 11.5 Å². The molecule has 0 saturated heterocycles. The highest BCUT2D eigenvalue weighted by Crippen LogP contribution is 2.28. The van der Waals surface area contributed by atoms with E-state index in [-0.39, 0.29) is 11.8 Å². The van der Waals surface area contributed by atoms with Crippen LogP contribution in [0.25, 0.3) is 0 Å². The van der Waals surface area contributed by atoms with Crippen LogP contribution in [0.15, 0.2) is 42.5 Å². The van der Waals surface area contributed by atoms with E-state index in [1.54, 1.807) is 18.2 Å². The number of nitrogens with zero attached hydrogens (tertiary/aromatic N) is 1. The van der Waals surface area contributed by atoms with E-state index in [9.17, 15) is 4.39 Å². The van der Waals surface area contributed by atoms with Gasteiger partial charge in [0.1, 0.15) is 5.75 Å². The third-order valence-corrected chi connectivity index (χ3v) is 3.04. The first-order valence-corrected chi connectivity index (χ1v) is 6.47. The van der Waals surface area contributed by atoms with E-state index in [0.29, 0.717) is 5.75 Å². The molecule has 2 rings (SSSR count). The van der Waals surface area contributed by atoms with E-state index in [1.165, 1.54) is 6.07 Å². The number of hydrogen-bond acceptors (Lipinski definition) is 3. The summed E-state index contributed by atoms with van der Waals surface area (Å²) >= 11 is 0. The van der Waals surface area contributed by atoms with Crippen molar-refractivity contribution < 1.29 is 9.13 Å². The minimum atomic E-state index is -0.407. The van der Waals surface area contributed by atoms with E-state index in [4.69, 9.17) is 10.5 Å². The monoisotopic (exact) mass is 274 g/mol. The van der Waals surface area contributed by atoms with E-state index in [2.05, 4.69) is 0 Å². The Morgan fingerprint density at radius 1 is 1.15 bits per heavy atom. The van der Waals surface area contributed by atoms with Crippen LogP contribution in [0.5, 0.6) is 11.5 Å². The fourth-order valence-corrected chi connectivity index (χ4v) is 1.84. The van der Waals surface area contributed by atoms with E-state index in [1.807, 2.05) is 44.1 Å². The number of rotatable bonds is 4. The predicted molar refractivity (Wildman–Crippen MR) is 79.8 cm³/mol. The number of nitrogens with two attached hydrogens (primary N) is 1. The Labute approximate surface area is 118 Å². The molecule has 0 aliphatic heterocycles. The molecule has 2 aromatic carbocycles. The quantitative estimate of drug-likeness (QED) is 0.923. The predicted octanol–water partition coefficient (Wildman–Crippen LogP) is 3.70. The van der Waals surface area contributed by atoms with Crippen LogP contribution in [0, 0.1) is 5.82 Å². The highest BCUT2D eigenvalue weighted by Gasteiger charge is 2.09. The van der Waals surface area contributed by atoms with Crippen LogP contribution in [0.1, 0.15) is 18.5 Å². The van der Waals surface area contributed by atoms with Crippen molar-refractivity contribution in [3.63, 3.8) is 0 Å². The molecule has 1 atom stereocenters. The summed E-state index contributed by atoms with van der Waals surface area (Å²) in [4.78, 5) is 1.96. The molecular formula is C16H19FN2O. The maximum absolute atomic E-state index is 14.0. The molecule has 1 unspecified atom stereocenters. The molecule has 0 aliphatic rings. The average molecular weight is 274 g/mol. The van der Waals surface area contributed by atoms with Gasteiger partial charge in [-0.3, -0.25) is 0 Å². The van der Waals surface area contributed by atoms with Gasteiger partial charge >= 0.3 is 0 Å². The van der Waals surface area contributed by atoms with Gasteiger partial charge in [0.05, 0.1) is 0 Å². The second-order valence-electron chi connectivity index (χ2n) is 4.97. The highest BCUT2D eigenvalue weighted by atomic mass is 19.1. The Kier molecular flexibility index (Phi) is 4.25. The van der Waals surface area contributed by atoms with Crippen molar-refractivity contribution in [2.45, 2.75) is 13.0 Å². The maximum Gasteiger partial charge on any atom is 0.166 e. The van der Waals surface area contributed by atoms with E-state index < -0.39 is 5.82 Å². The fourth-order valence-electron chi connectivity index (χ4n) is 1.84. The van der Waals surface area contributed by atoms with E-state index >= 15 is 0 Å². The van der Waals surface area contributed by atoms with Crippen LogP contribution >= 0.6 is 0 Å². The van der Waals surface area contributed by atoms with Crippen molar-refractivity contribution in [1.29, 1.82) is 0 Å². The van der Waals surface area contributed by atoms with Crippen LogP contribution in [-0.2, 0) is 0 Å². The average Bonchev–Trinajstić information content (AvgIpc) is 2.41. The summed E-state index contributed by atoms with van der Waals surface area (Å²) in [6.45, 7) is 1.82. The Morgan fingerprint density at radius 3 is 2.50 bits per heavy atom. The van der Waals surface area contributed by atoms with Crippen molar-refractivity contribution in [1.82, 2.24) is 0 Å². The lowest BCUT2D eigenvalue weighted by Gasteiger charge is -2.14. The molecule has 2 N–H and O–H groups in total. The zero-order chi connectivity index (χ0) is 14.7. The number of halogens is 1. The smallest absolute Gasteiger partial charge is 0.166 e. The molecule has 0 amide bonds. The van der Waals surface area contributed by atoms with Crippen molar-refractivity contribution in [3.05, 3.63) is 53.8 Å². The molecule has 0 aliphatic carbocycles. The van der Waals surface area contributed by atoms with Crippen LogP contribution in [-0.4, -0.2) is 14.1 Å². The van der Waals surface area contributed by atoms with Gasteiger partial charge in [-0.2, -0.15) is 0 Å². The third kappa shape index (κ3) is 3.27. The van der Waals surface area contributed by atoms with Gasteiger partial charge in [0, 0.05) is 31.9 Å². The number of benzene rings is 2. The van der Waals surface area contributed by atoms with Crippen LogP contribution in [0.2, 0.25) is 0 Å². The molecule has 0 saturated carbocycles. The molecule has 4 heteroatoms. The summed E-state index contributed by atoms with van der Waals surface area (Å²) in [5.74, 6) is 0.393. The molecule has 20 heavy (non-hydrogen) atoms. The molecule has 0 aromatic heterocycles. The Hall–Kier alpha value is -2.07. The molecule has 0 fully saturated rings. The topological polar surface area (TPSA) is 38.5 Å². The van der Waals surface area contributed by atoms with Gasteiger partial charge in [0.15, 0.2) is 11.6 Å². The summed E-state index contributed by atoms with van der Waals surface area (Å²) < 4.78 is 19.6. The SMILES string of the molecule is CC(N)c1ccc(Oc2cccc(N(C)C)c2)c(F)c1. The van der Waals surface area contributed by atoms with Gasteiger partial charge < -0.3 is 15.4 Å². The molecule has 0 heterocycles. The second-order valence-corrected chi connectivity index (χ2v) is 4.97. The lowest BCUT2D eigenvalue weighted by Crippen LogP contribution is -2.08. The first kappa shape index (κ1) is 14.3. The molecule has 2 aromatic rings. The lowest BCUT2D eigenvalue weighted by atomic mass is 10.1. The Morgan fingerprint density at radius 2 is 1.90 bits per heavy atom. The van der Waals surface area contributed by atoms with Crippen LogP contribution < -0.4 is 15.4 Å². The first-order valence-electron chi connectivity index (χ1n) is 6.47. The molecular weight excluding hydrogens is 255 g/mol. The molecule has 0 bridgehead atoms. The summed E-state index contributed by atoms with van der Waals surface area (Å²) in [6.07, 6.45) is 0. The third-order valence-electron chi connectivity index (χ3n) is 3.04. The minimum Gasteiger partial charge on any atom is -0.454 e. The summed E-state index contributed by atoms with van der Waals surface area (Å²) in [5.41, 5.74) is 7.47.